The van der Waals surface area contributed by atoms with Crippen molar-refractivity contribution >= 4 is 22.8 Å². The van der Waals surface area contributed by atoms with E-state index in [1.54, 1.807) is 11.4 Å². The molecule has 0 saturated carbocycles. The van der Waals surface area contributed by atoms with E-state index in [0.29, 0.717) is 5.56 Å². The van der Waals surface area contributed by atoms with Gasteiger partial charge in [0.25, 0.3) is 0 Å². The molecule has 0 spiro atoms. The molecule has 0 atom stereocenters. The van der Waals surface area contributed by atoms with Gasteiger partial charge in [0.1, 0.15) is 0 Å². The lowest BCUT2D eigenvalue weighted by Gasteiger charge is -1.97. The molecule has 0 aliphatic rings. The van der Waals surface area contributed by atoms with E-state index in [-0.39, 0.29) is 5.78 Å². The SMILES string of the molecule is CNc1ccc(C#CC(=O)c2ccsc2)cc1. The number of hydrogen-bond acceptors (Lipinski definition) is 3. The van der Waals surface area contributed by atoms with E-state index in [4.69, 9.17) is 0 Å². The Morgan fingerprint density at radius 1 is 1.24 bits per heavy atom. The molecule has 0 aliphatic heterocycles. The molecule has 1 aromatic heterocycles. The van der Waals surface area contributed by atoms with Gasteiger partial charge in [0.2, 0.25) is 5.78 Å². The predicted molar refractivity (Wildman–Crippen MR) is 71.5 cm³/mol. The maximum Gasteiger partial charge on any atom is 0.237 e. The van der Waals surface area contributed by atoms with Crippen LogP contribution in [0.1, 0.15) is 15.9 Å². The van der Waals surface area contributed by atoms with Crippen LogP contribution in [0.25, 0.3) is 0 Å². The molecule has 0 amide bonds. The topological polar surface area (TPSA) is 29.1 Å². The standard InChI is InChI=1S/C14H11NOS/c1-15-13-5-2-11(3-6-13)4-7-14(16)12-8-9-17-10-12/h2-3,5-6,8-10,15H,1H3. The largest absolute Gasteiger partial charge is 0.388 e. The number of carbonyl (C=O) groups excluding carboxylic acids is 1. The van der Waals surface area contributed by atoms with Crippen LogP contribution < -0.4 is 5.32 Å². The first-order valence-corrected chi connectivity index (χ1v) is 6.10. The second-order valence-corrected chi connectivity index (χ2v) is 4.20. The first kappa shape index (κ1) is 11.4. The molecule has 17 heavy (non-hydrogen) atoms. The van der Waals surface area contributed by atoms with Crippen LogP contribution in [0, 0.1) is 11.8 Å². The van der Waals surface area contributed by atoms with Crippen molar-refractivity contribution in [1.29, 1.82) is 0 Å². The summed E-state index contributed by atoms with van der Waals surface area (Å²) in [6.07, 6.45) is 0. The van der Waals surface area contributed by atoms with E-state index in [2.05, 4.69) is 17.2 Å². The Morgan fingerprint density at radius 2 is 2.00 bits per heavy atom. The van der Waals surface area contributed by atoms with Crippen molar-refractivity contribution in [1.82, 2.24) is 0 Å². The molecule has 0 radical (unpaired) electrons. The van der Waals surface area contributed by atoms with Crippen LogP contribution in [0.3, 0.4) is 0 Å². The predicted octanol–water partition coefficient (Wildman–Crippen LogP) is 3.02. The molecule has 2 nitrogen and oxygen atoms in total. The van der Waals surface area contributed by atoms with Gasteiger partial charge in [0, 0.05) is 29.2 Å². The van der Waals surface area contributed by atoms with Crippen LogP contribution >= 0.6 is 11.3 Å². The van der Waals surface area contributed by atoms with Gasteiger partial charge in [-0.3, -0.25) is 4.79 Å². The minimum Gasteiger partial charge on any atom is -0.388 e. The van der Waals surface area contributed by atoms with Crippen molar-refractivity contribution < 1.29 is 4.79 Å². The number of nitrogens with one attached hydrogen (secondary N) is 1. The third kappa shape index (κ3) is 2.96. The molecule has 1 heterocycles. The van der Waals surface area contributed by atoms with Gasteiger partial charge in [-0.1, -0.05) is 5.92 Å². The lowest BCUT2D eigenvalue weighted by Crippen LogP contribution is -1.91. The Hall–Kier alpha value is -2.05. The second kappa shape index (κ2) is 5.33. The number of ketones is 1. The van der Waals surface area contributed by atoms with Gasteiger partial charge in [0.15, 0.2) is 0 Å². The van der Waals surface area contributed by atoms with Crippen molar-refractivity contribution in [3.8, 4) is 11.8 Å². The van der Waals surface area contributed by atoms with E-state index < -0.39 is 0 Å². The van der Waals surface area contributed by atoms with Gasteiger partial charge in [-0.25, -0.2) is 0 Å². The van der Waals surface area contributed by atoms with Gasteiger partial charge in [0.05, 0.1) is 0 Å². The Morgan fingerprint density at radius 3 is 2.59 bits per heavy atom. The number of carbonyl (C=O) groups is 1. The Bertz CT molecular complexity index is 559. The molecule has 0 fully saturated rings. The van der Waals surface area contributed by atoms with Crippen LogP contribution in [0.4, 0.5) is 5.69 Å². The summed E-state index contributed by atoms with van der Waals surface area (Å²) in [5, 5.41) is 6.71. The highest BCUT2D eigenvalue weighted by atomic mass is 32.1. The highest BCUT2D eigenvalue weighted by Gasteiger charge is 2.00. The number of anilines is 1. The minimum absolute atomic E-state index is 0.135. The third-order valence-corrected chi connectivity index (χ3v) is 2.96. The van der Waals surface area contributed by atoms with E-state index in [1.165, 1.54) is 11.3 Å². The summed E-state index contributed by atoms with van der Waals surface area (Å²) < 4.78 is 0. The molecular weight excluding hydrogens is 230 g/mol. The molecule has 0 unspecified atom stereocenters. The molecule has 1 aromatic carbocycles. The van der Waals surface area contributed by atoms with E-state index in [1.807, 2.05) is 36.7 Å². The molecule has 84 valence electrons. The van der Waals surface area contributed by atoms with Crippen LogP contribution in [0.2, 0.25) is 0 Å². The quantitative estimate of drug-likeness (QED) is 0.647. The van der Waals surface area contributed by atoms with Crippen molar-refractivity contribution in [2.45, 2.75) is 0 Å². The molecule has 0 bridgehead atoms. The second-order valence-electron chi connectivity index (χ2n) is 3.42. The summed E-state index contributed by atoms with van der Waals surface area (Å²) in [6, 6.07) is 9.42. The van der Waals surface area contributed by atoms with Crippen molar-refractivity contribution in [3.05, 3.63) is 52.2 Å². The smallest absolute Gasteiger partial charge is 0.237 e. The summed E-state index contributed by atoms with van der Waals surface area (Å²) in [7, 11) is 1.86. The highest BCUT2D eigenvalue weighted by Crippen LogP contribution is 2.08. The maximum absolute atomic E-state index is 11.6. The molecule has 1 N–H and O–H groups in total. The Kier molecular flexibility index (Phi) is 3.59. The number of benzene rings is 1. The van der Waals surface area contributed by atoms with Gasteiger partial charge < -0.3 is 5.32 Å². The molecule has 0 saturated heterocycles. The number of Topliss-reactive ketones (excluding diaryl/α,β-unsaturated/α-hetero) is 1. The zero-order valence-corrected chi connectivity index (χ0v) is 10.2. The summed E-state index contributed by atoms with van der Waals surface area (Å²) in [5.41, 5.74) is 2.53. The Labute approximate surface area is 104 Å². The van der Waals surface area contributed by atoms with Gasteiger partial charge in [-0.05, 0) is 41.6 Å². The van der Waals surface area contributed by atoms with E-state index >= 15 is 0 Å². The van der Waals surface area contributed by atoms with Crippen LogP contribution in [0.15, 0.2) is 41.1 Å². The zero-order valence-electron chi connectivity index (χ0n) is 9.36. The lowest BCUT2D eigenvalue weighted by molar-refractivity contribution is 0.105. The fourth-order valence-corrected chi connectivity index (χ4v) is 1.95. The minimum atomic E-state index is -0.135. The van der Waals surface area contributed by atoms with Crippen molar-refractivity contribution in [2.24, 2.45) is 0 Å². The summed E-state index contributed by atoms with van der Waals surface area (Å²) in [5.74, 6) is 5.36. The average Bonchev–Trinajstić information content (AvgIpc) is 2.90. The van der Waals surface area contributed by atoms with Crippen LogP contribution in [-0.2, 0) is 0 Å². The fraction of sp³-hybridized carbons (Fsp3) is 0.0714. The van der Waals surface area contributed by atoms with E-state index in [9.17, 15) is 4.79 Å². The molecule has 0 aliphatic carbocycles. The van der Waals surface area contributed by atoms with Crippen molar-refractivity contribution in [2.75, 3.05) is 12.4 Å². The summed E-state index contributed by atoms with van der Waals surface area (Å²) in [6.45, 7) is 0. The number of thiophene rings is 1. The normalized spacial score (nSPS) is 9.24. The van der Waals surface area contributed by atoms with Crippen LogP contribution in [0.5, 0.6) is 0 Å². The fourth-order valence-electron chi connectivity index (χ4n) is 1.31. The molecular formula is C14H11NOS. The van der Waals surface area contributed by atoms with Gasteiger partial charge in [-0.15, -0.1) is 0 Å². The first-order chi connectivity index (χ1) is 8.29. The maximum atomic E-state index is 11.6. The number of hydrogen-bond donors (Lipinski definition) is 1. The third-order valence-electron chi connectivity index (χ3n) is 2.28. The van der Waals surface area contributed by atoms with E-state index in [0.717, 1.165) is 11.3 Å². The first-order valence-electron chi connectivity index (χ1n) is 5.16. The van der Waals surface area contributed by atoms with Crippen molar-refractivity contribution in [3.63, 3.8) is 0 Å². The van der Waals surface area contributed by atoms with Gasteiger partial charge in [-0.2, -0.15) is 11.3 Å². The lowest BCUT2D eigenvalue weighted by atomic mass is 10.2. The summed E-state index contributed by atoms with van der Waals surface area (Å²) >= 11 is 1.50. The highest BCUT2D eigenvalue weighted by molar-refractivity contribution is 7.08. The van der Waals surface area contributed by atoms with Gasteiger partial charge >= 0.3 is 0 Å². The molecule has 2 rings (SSSR count). The monoisotopic (exact) mass is 241 g/mol. The molecule has 2 aromatic rings. The molecule has 3 heteroatoms. The zero-order chi connectivity index (χ0) is 12.1. The number of rotatable bonds is 2. The summed E-state index contributed by atoms with van der Waals surface area (Å²) in [4.78, 5) is 11.6. The average molecular weight is 241 g/mol. The van der Waals surface area contributed by atoms with Crippen LogP contribution in [-0.4, -0.2) is 12.8 Å². The Balaban J connectivity index is 2.13.